The molecule has 8 aromatic rings. The van der Waals surface area contributed by atoms with Gasteiger partial charge in [0, 0.05) is 22.3 Å². The van der Waals surface area contributed by atoms with E-state index in [4.69, 9.17) is 8.83 Å². The molecule has 222 valence electrons. The summed E-state index contributed by atoms with van der Waals surface area (Å²) in [4.78, 5) is 0. The maximum atomic E-state index is 6.02. The van der Waals surface area contributed by atoms with Gasteiger partial charge in [0.2, 0.25) is 36.2 Å². The highest BCUT2D eigenvalue weighted by Gasteiger charge is 2.14. The molecule has 0 N–H and O–H groups in total. The molecule has 0 unspecified atom stereocenters. The number of benzene rings is 4. The maximum absolute atomic E-state index is 6.02. The second-order valence-electron chi connectivity index (χ2n) is 11.0. The molecular formula is C36H28N8O2+2. The van der Waals surface area contributed by atoms with Gasteiger partial charge in [-0.25, -0.2) is 18.3 Å². The van der Waals surface area contributed by atoms with Gasteiger partial charge in [-0.05, 0) is 83.9 Å². The summed E-state index contributed by atoms with van der Waals surface area (Å²) < 4.78 is 20.1. The van der Waals surface area contributed by atoms with Gasteiger partial charge in [0.15, 0.2) is 0 Å². The number of nitrogens with zero attached hydrogens (tertiary/aromatic N) is 8. The average molecular weight is 605 g/mol. The van der Waals surface area contributed by atoms with Crippen LogP contribution in [0.4, 0.5) is 0 Å². The van der Waals surface area contributed by atoms with Crippen LogP contribution in [-0.2, 0) is 14.1 Å². The molecule has 0 radical (unpaired) electrons. The Morgan fingerprint density at radius 3 is 0.978 bits per heavy atom. The normalized spacial score (nSPS) is 11.3. The topological polar surface area (TPSA) is 95.5 Å². The van der Waals surface area contributed by atoms with Crippen molar-refractivity contribution in [1.29, 1.82) is 0 Å². The van der Waals surface area contributed by atoms with Crippen LogP contribution in [0.15, 0.2) is 143 Å². The first-order valence-corrected chi connectivity index (χ1v) is 14.7. The lowest BCUT2D eigenvalue weighted by Gasteiger charge is -2.04. The largest absolute Gasteiger partial charge is 0.416 e. The van der Waals surface area contributed by atoms with E-state index in [0.717, 1.165) is 44.8 Å². The first-order valence-electron chi connectivity index (χ1n) is 14.7. The second kappa shape index (κ2) is 11.3. The predicted octanol–water partition coefficient (Wildman–Crippen LogP) is 6.02. The van der Waals surface area contributed by atoms with Gasteiger partial charge in [-0.3, -0.25) is 0 Å². The molecule has 0 atom stereocenters. The van der Waals surface area contributed by atoms with E-state index < -0.39 is 0 Å². The van der Waals surface area contributed by atoms with E-state index in [2.05, 4.69) is 20.4 Å². The molecule has 4 aromatic carbocycles. The first-order chi connectivity index (χ1) is 22.6. The van der Waals surface area contributed by atoms with Crippen molar-refractivity contribution >= 4 is 0 Å². The Labute approximate surface area is 264 Å². The Hall–Kier alpha value is -6.42. The van der Waals surface area contributed by atoms with E-state index in [1.165, 1.54) is 0 Å². The van der Waals surface area contributed by atoms with Crippen molar-refractivity contribution < 1.29 is 18.0 Å². The molecule has 8 rings (SSSR count). The number of aryl methyl sites for hydroxylation is 2. The van der Waals surface area contributed by atoms with Gasteiger partial charge in [-0.2, -0.15) is 0 Å². The van der Waals surface area contributed by atoms with Crippen LogP contribution in [0.2, 0.25) is 0 Å². The number of hydrogen-bond donors (Lipinski definition) is 0. The van der Waals surface area contributed by atoms with E-state index in [-0.39, 0.29) is 0 Å². The monoisotopic (exact) mass is 604 g/mol. The summed E-state index contributed by atoms with van der Waals surface area (Å²) in [7, 11) is 3.99. The lowest BCUT2D eigenvalue weighted by atomic mass is 10.0. The molecule has 0 aliphatic carbocycles. The third-order valence-corrected chi connectivity index (χ3v) is 7.81. The predicted molar refractivity (Wildman–Crippen MR) is 170 cm³/mol. The van der Waals surface area contributed by atoms with Gasteiger partial charge in [-0.1, -0.05) is 24.3 Å². The molecule has 0 aliphatic heterocycles. The van der Waals surface area contributed by atoms with Crippen molar-refractivity contribution in [2.24, 2.45) is 14.1 Å². The average Bonchev–Trinajstić information content (AvgIpc) is 3.93. The van der Waals surface area contributed by atoms with Crippen molar-refractivity contribution in [3.8, 4) is 68.3 Å². The summed E-state index contributed by atoms with van der Waals surface area (Å²) in [5.74, 6) is 1.90. The molecule has 10 heteroatoms. The zero-order valence-electron chi connectivity index (χ0n) is 25.1. The third kappa shape index (κ3) is 5.28. The van der Waals surface area contributed by atoms with E-state index in [1.54, 1.807) is 0 Å². The Bertz CT molecular complexity index is 2090. The molecule has 4 heterocycles. The Balaban J connectivity index is 0.942. The minimum atomic E-state index is 0.471. The van der Waals surface area contributed by atoms with Crippen LogP contribution in [-0.4, -0.2) is 29.5 Å². The van der Waals surface area contributed by atoms with Crippen LogP contribution >= 0.6 is 0 Å². The lowest BCUT2D eigenvalue weighted by molar-refractivity contribution is -0.670. The highest BCUT2D eigenvalue weighted by molar-refractivity contribution is 5.70. The number of imidazole rings is 2. The fourth-order valence-corrected chi connectivity index (χ4v) is 5.28. The summed E-state index contributed by atoms with van der Waals surface area (Å²) in [5.41, 5.74) is 7.66. The molecular weight excluding hydrogens is 576 g/mol. The zero-order valence-corrected chi connectivity index (χ0v) is 25.1. The molecule has 0 fully saturated rings. The molecule has 10 nitrogen and oxygen atoms in total. The summed E-state index contributed by atoms with van der Waals surface area (Å²) >= 11 is 0. The van der Waals surface area contributed by atoms with Crippen molar-refractivity contribution in [3.63, 3.8) is 0 Å². The van der Waals surface area contributed by atoms with Crippen LogP contribution in [0, 0.1) is 0 Å². The molecule has 0 bridgehead atoms. The summed E-state index contributed by atoms with van der Waals surface area (Å²) in [6.07, 6.45) is 12.0. The quantitative estimate of drug-likeness (QED) is 0.207. The standard InChI is InChI=1S/C36H28N8O2/c1-41-19-21-43(23-41)31-15-11-29(12-16-31)35-39-37-33(45-35)27-7-3-25(4-8-27)26-5-9-28(10-6-26)34-38-40-36(46-34)30-13-17-32(18-14-30)44-22-20-42(2)24-44/h3-24H,1-2H3/q+2. The molecule has 46 heavy (non-hydrogen) atoms. The van der Waals surface area contributed by atoms with Crippen LogP contribution < -0.4 is 9.13 Å². The molecule has 0 amide bonds. The van der Waals surface area contributed by atoms with Gasteiger partial charge < -0.3 is 8.83 Å². The smallest absolute Gasteiger partial charge is 0.248 e. The van der Waals surface area contributed by atoms with Crippen molar-refractivity contribution in [1.82, 2.24) is 29.5 Å². The van der Waals surface area contributed by atoms with Crippen LogP contribution in [0.3, 0.4) is 0 Å². The second-order valence-corrected chi connectivity index (χ2v) is 11.0. The fraction of sp³-hybridized carbons (Fsp3) is 0.0556. The summed E-state index contributed by atoms with van der Waals surface area (Å²) in [6.45, 7) is 0. The Morgan fingerprint density at radius 1 is 0.413 bits per heavy atom. The minimum Gasteiger partial charge on any atom is -0.416 e. The fourth-order valence-electron chi connectivity index (χ4n) is 5.28. The number of rotatable bonds is 7. The summed E-state index contributed by atoms with van der Waals surface area (Å²) in [5, 5.41) is 17.1. The van der Waals surface area contributed by atoms with Crippen molar-refractivity contribution in [3.05, 3.63) is 135 Å². The minimum absolute atomic E-state index is 0.471. The van der Waals surface area contributed by atoms with Gasteiger partial charge in [0.05, 0.1) is 14.1 Å². The highest BCUT2D eigenvalue weighted by Crippen LogP contribution is 2.30. The van der Waals surface area contributed by atoms with E-state index >= 15 is 0 Å². The SMILES string of the molecule is C[n+]1ccn(-c2ccc(-c3nnc(-c4ccc(-c5ccc(-c6nnc(-c7ccc(-n8cc[n+](C)c8)cc7)o6)cc5)cc4)o3)cc2)c1. The third-order valence-electron chi connectivity index (χ3n) is 7.81. The van der Waals surface area contributed by atoms with Crippen LogP contribution in [0.1, 0.15) is 0 Å². The van der Waals surface area contributed by atoms with E-state index in [9.17, 15) is 0 Å². The number of aromatic nitrogens is 8. The highest BCUT2D eigenvalue weighted by atomic mass is 16.4. The Kier molecular flexibility index (Phi) is 6.64. The zero-order chi connectivity index (χ0) is 31.0. The van der Waals surface area contributed by atoms with Gasteiger partial charge >= 0.3 is 0 Å². The van der Waals surface area contributed by atoms with E-state index in [1.807, 2.05) is 167 Å². The lowest BCUT2D eigenvalue weighted by Crippen LogP contribution is -2.23. The van der Waals surface area contributed by atoms with Crippen LogP contribution in [0.25, 0.3) is 68.3 Å². The number of hydrogen-bond acceptors (Lipinski definition) is 6. The first kappa shape index (κ1) is 27.2. The molecule has 0 spiro atoms. The summed E-state index contributed by atoms with van der Waals surface area (Å²) in [6, 6.07) is 32.2. The van der Waals surface area contributed by atoms with Gasteiger partial charge in [0.1, 0.15) is 36.2 Å². The van der Waals surface area contributed by atoms with Crippen molar-refractivity contribution in [2.45, 2.75) is 0 Å². The van der Waals surface area contributed by atoms with Gasteiger partial charge in [0.25, 0.3) is 0 Å². The molecule has 0 saturated heterocycles. The van der Waals surface area contributed by atoms with Crippen molar-refractivity contribution in [2.75, 3.05) is 0 Å². The maximum Gasteiger partial charge on any atom is 0.248 e. The Morgan fingerprint density at radius 2 is 0.696 bits per heavy atom. The molecule has 4 aromatic heterocycles. The van der Waals surface area contributed by atoms with E-state index in [0.29, 0.717) is 23.6 Å². The van der Waals surface area contributed by atoms with Gasteiger partial charge in [-0.15, -0.1) is 20.4 Å². The molecule has 0 aliphatic rings. The molecule has 0 saturated carbocycles. The van der Waals surface area contributed by atoms with Crippen LogP contribution in [0.5, 0.6) is 0 Å².